The van der Waals surface area contributed by atoms with Gasteiger partial charge in [-0.2, -0.15) is 0 Å². The summed E-state index contributed by atoms with van der Waals surface area (Å²) in [5, 5.41) is 2.97. The molecule has 0 aromatic heterocycles. The van der Waals surface area contributed by atoms with Gasteiger partial charge in [0.1, 0.15) is 0 Å². The fraction of sp³-hybridized carbons (Fsp3) is 0.938. The van der Waals surface area contributed by atoms with Crippen LogP contribution in [0.15, 0.2) is 0 Å². The lowest BCUT2D eigenvalue weighted by atomic mass is 9.97. The predicted octanol–water partition coefficient (Wildman–Crippen LogP) is 2.88. The Hall–Kier alpha value is -0.320. The van der Waals surface area contributed by atoms with Gasteiger partial charge in [-0.3, -0.25) is 4.79 Å². The van der Waals surface area contributed by atoms with Crippen molar-refractivity contribution in [3.63, 3.8) is 0 Å². The molecule has 21 heavy (non-hydrogen) atoms. The van der Waals surface area contributed by atoms with Crippen molar-refractivity contribution < 1.29 is 9.53 Å². The Labute approximate surface area is 136 Å². The molecule has 1 aliphatic rings. The first-order valence-corrected chi connectivity index (χ1v) is 8.25. The number of carbonyl (C=O) groups excluding carboxylic acids is 1. The van der Waals surface area contributed by atoms with Gasteiger partial charge >= 0.3 is 0 Å². The van der Waals surface area contributed by atoms with E-state index in [0.717, 1.165) is 19.4 Å². The summed E-state index contributed by atoms with van der Waals surface area (Å²) in [6, 6.07) is -0.392. The quantitative estimate of drug-likeness (QED) is 0.686. The lowest BCUT2D eigenvalue weighted by Crippen LogP contribution is -2.45. The lowest BCUT2D eigenvalue weighted by molar-refractivity contribution is -0.123. The highest BCUT2D eigenvalue weighted by molar-refractivity contribution is 5.85. The van der Waals surface area contributed by atoms with Crippen molar-refractivity contribution in [2.45, 2.75) is 71.4 Å². The molecule has 5 heteroatoms. The van der Waals surface area contributed by atoms with Crippen LogP contribution in [0, 0.1) is 11.8 Å². The van der Waals surface area contributed by atoms with E-state index in [1.165, 1.54) is 25.7 Å². The molecule has 1 saturated carbocycles. The second-order valence-electron chi connectivity index (χ2n) is 6.03. The van der Waals surface area contributed by atoms with Crippen LogP contribution in [0.1, 0.15) is 59.3 Å². The molecule has 0 saturated heterocycles. The first kappa shape index (κ1) is 20.7. The number of hydrogen-bond donors (Lipinski definition) is 2. The maximum absolute atomic E-state index is 11.9. The van der Waals surface area contributed by atoms with Gasteiger partial charge in [0.25, 0.3) is 0 Å². The molecule has 3 N–H and O–H groups in total. The Balaban J connectivity index is 0.00000400. The zero-order valence-corrected chi connectivity index (χ0v) is 14.6. The van der Waals surface area contributed by atoms with Crippen molar-refractivity contribution in [2.24, 2.45) is 17.6 Å². The van der Waals surface area contributed by atoms with Gasteiger partial charge in [-0.15, -0.1) is 12.4 Å². The average Bonchev–Trinajstić information content (AvgIpc) is 2.98. The molecule has 0 aromatic carbocycles. The Morgan fingerprint density at radius 1 is 1.33 bits per heavy atom. The number of carbonyl (C=O) groups is 1. The molecule has 0 aromatic rings. The minimum Gasteiger partial charge on any atom is -0.378 e. The van der Waals surface area contributed by atoms with E-state index < -0.39 is 6.04 Å². The summed E-state index contributed by atoms with van der Waals surface area (Å²) in [7, 11) is 0. The number of rotatable bonds is 9. The van der Waals surface area contributed by atoms with Gasteiger partial charge in [-0.05, 0) is 38.0 Å². The fourth-order valence-electron chi connectivity index (χ4n) is 2.97. The van der Waals surface area contributed by atoms with Crippen LogP contribution in [0.4, 0.5) is 0 Å². The minimum atomic E-state index is -0.392. The van der Waals surface area contributed by atoms with E-state index in [4.69, 9.17) is 10.5 Å². The molecular formula is C16H33ClN2O2. The molecule has 1 aliphatic carbocycles. The molecule has 3 atom stereocenters. The van der Waals surface area contributed by atoms with Gasteiger partial charge in [-0.1, -0.05) is 33.1 Å². The fourth-order valence-corrected chi connectivity index (χ4v) is 2.97. The van der Waals surface area contributed by atoms with Crippen molar-refractivity contribution >= 4 is 18.3 Å². The second kappa shape index (κ2) is 11.3. The molecule has 1 amide bonds. The Morgan fingerprint density at radius 3 is 2.48 bits per heavy atom. The first-order chi connectivity index (χ1) is 9.60. The largest absolute Gasteiger partial charge is 0.378 e. The molecule has 0 radical (unpaired) electrons. The van der Waals surface area contributed by atoms with E-state index in [-0.39, 0.29) is 24.2 Å². The maximum atomic E-state index is 11.9. The van der Waals surface area contributed by atoms with E-state index in [1.807, 2.05) is 13.8 Å². The van der Waals surface area contributed by atoms with Gasteiger partial charge < -0.3 is 15.8 Å². The SMILES string of the molecule is CCOC(CCNC(=O)C(N)C(C)CC)C1CCCC1.Cl. The minimum absolute atomic E-state index is 0. The van der Waals surface area contributed by atoms with Gasteiger partial charge in [0, 0.05) is 13.2 Å². The van der Waals surface area contributed by atoms with Crippen LogP contribution in [0.2, 0.25) is 0 Å². The maximum Gasteiger partial charge on any atom is 0.237 e. The molecule has 126 valence electrons. The highest BCUT2D eigenvalue weighted by Crippen LogP contribution is 2.30. The highest BCUT2D eigenvalue weighted by atomic mass is 35.5. The monoisotopic (exact) mass is 320 g/mol. The Bertz CT molecular complexity index is 283. The van der Waals surface area contributed by atoms with Crippen molar-refractivity contribution in [1.29, 1.82) is 0 Å². The van der Waals surface area contributed by atoms with Gasteiger partial charge in [0.15, 0.2) is 0 Å². The summed E-state index contributed by atoms with van der Waals surface area (Å²) in [4.78, 5) is 11.9. The third-order valence-corrected chi connectivity index (χ3v) is 4.59. The highest BCUT2D eigenvalue weighted by Gasteiger charge is 2.25. The van der Waals surface area contributed by atoms with Crippen LogP contribution in [0.5, 0.6) is 0 Å². The number of ether oxygens (including phenoxy) is 1. The Morgan fingerprint density at radius 2 is 1.95 bits per heavy atom. The summed E-state index contributed by atoms with van der Waals surface area (Å²) in [5.74, 6) is 0.878. The van der Waals surface area contributed by atoms with Crippen LogP contribution >= 0.6 is 12.4 Å². The van der Waals surface area contributed by atoms with Crippen molar-refractivity contribution in [2.75, 3.05) is 13.2 Å². The summed E-state index contributed by atoms with van der Waals surface area (Å²) >= 11 is 0. The molecule has 0 bridgehead atoms. The van der Waals surface area contributed by atoms with Crippen LogP contribution < -0.4 is 11.1 Å². The van der Waals surface area contributed by atoms with Crippen LogP contribution in [0.3, 0.4) is 0 Å². The molecule has 1 fully saturated rings. The van der Waals surface area contributed by atoms with Crippen molar-refractivity contribution in [3.05, 3.63) is 0 Å². The number of nitrogens with two attached hydrogens (primary N) is 1. The van der Waals surface area contributed by atoms with Gasteiger partial charge in [0.2, 0.25) is 5.91 Å². The normalized spacial score (nSPS) is 19.6. The molecule has 1 rings (SSSR count). The predicted molar refractivity (Wildman–Crippen MR) is 89.7 cm³/mol. The third-order valence-electron chi connectivity index (χ3n) is 4.59. The molecule has 0 aliphatic heterocycles. The van der Waals surface area contributed by atoms with Gasteiger partial charge in [0.05, 0.1) is 12.1 Å². The van der Waals surface area contributed by atoms with E-state index in [2.05, 4.69) is 12.2 Å². The number of halogens is 1. The smallest absolute Gasteiger partial charge is 0.237 e. The molecule has 0 heterocycles. The molecule has 3 unspecified atom stereocenters. The van der Waals surface area contributed by atoms with E-state index in [9.17, 15) is 4.79 Å². The Kier molecular flexibility index (Phi) is 11.1. The van der Waals surface area contributed by atoms with E-state index >= 15 is 0 Å². The topological polar surface area (TPSA) is 64.3 Å². The zero-order chi connectivity index (χ0) is 15.0. The standard InChI is InChI=1S/C16H32N2O2.ClH/c1-4-12(3)15(17)16(19)18-11-10-14(20-5-2)13-8-6-7-9-13;/h12-15H,4-11,17H2,1-3H3,(H,18,19);1H. The van der Waals surface area contributed by atoms with E-state index in [1.54, 1.807) is 0 Å². The van der Waals surface area contributed by atoms with Crippen LogP contribution in [-0.2, 0) is 9.53 Å². The number of hydrogen-bond acceptors (Lipinski definition) is 3. The van der Waals surface area contributed by atoms with Crippen LogP contribution in [-0.4, -0.2) is 31.2 Å². The zero-order valence-electron chi connectivity index (χ0n) is 13.8. The van der Waals surface area contributed by atoms with Crippen LogP contribution in [0.25, 0.3) is 0 Å². The number of nitrogens with one attached hydrogen (secondary N) is 1. The van der Waals surface area contributed by atoms with Gasteiger partial charge in [-0.25, -0.2) is 0 Å². The summed E-state index contributed by atoms with van der Waals surface area (Å²) in [5.41, 5.74) is 5.93. The summed E-state index contributed by atoms with van der Waals surface area (Å²) in [6.45, 7) is 7.54. The second-order valence-corrected chi connectivity index (χ2v) is 6.03. The third kappa shape index (κ3) is 6.98. The lowest BCUT2D eigenvalue weighted by Gasteiger charge is -2.24. The van der Waals surface area contributed by atoms with Crippen molar-refractivity contribution in [3.8, 4) is 0 Å². The van der Waals surface area contributed by atoms with Crippen molar-refractivity contribution in [1.82, 2.24) is 5.32 Å². The first-order valence-electron chi connectivity index (χ1n) is 8.25. The molecule has 0 spiro atoms. The molecular weight excluding hydrogens is 288 g/mol. The number of amides is 1. The average molecular weight is 321 g/mol. The summed E-state index contributed by atoms with van der Waals surface area (Å²) in [6.07, 6.45) is 7.30. The van der Waals surface area contributed by atoms with E-state index in [0.29, 0.717) is 18.6 Å². The molecule has 4 nitrogen and oxygen atoms in total. The summed E-state index contributed by atoms with van der Waals surface area (Å²) < 4.78 is 5.85.